The van der Waals surface area contributed by atoms with Crippen LogP contribution >= 0.6 is 0 Å². The molecule has 0 spiro atoms. The summed E-state index contributed by atoms with van der Waals surface area (Å²) < 4.78 is 0. The molecule has 112 valence electrons. The van der Waals surface area contributed by atoms with E-state index in [2.05, 4.69) is 11.8 Å². The zero-order chi connectivity index (χ0) is 14.8. The topological polar surface area (TPSA) is 40.6 Å². The van der Waals surface area contributed by atoms with Crippen molar-refractivity contribution in [3.63, 3.8) is 0 Å². The maximum atomic E-state index is 12.2. The van der Waals surface area contributed by atoms with Crippen LogP contribution in [0.2, 0.25) is 0 Å². The first-order chi connectivity index (χ1) is 10.2. The number of piperidine rings is 1. The van der Waals surface area contributed by atoms with Crippen LogP contribution in [0.25, 0.3) is 0 Å². The number of nitrogens with zero attached hydrogens (tertiary/aromatic N) is 2. The van der Waals surface area contributed by atoms with E-state index in [-0.39, 0.29) is 11.7 Å². The molecule has 2 heterocycles. The zero-order valence-corrected chi connectivity index (χ0v) is 12.6. The number of Topliss-reactive ketones (excluding diaryl/α,β-unsaturated/α-hetero) is 1. The number of likely N-dealkylation sites (tertiary alicyclic amines) is 1. The Bertz CT molecular complexity index is 562. The van der Waals surface area contributed by atoms with Crippen molar-refractivity contribution in [3.05, 3.63) is 29.3 Å². The first kappa shape index (κ1) is 14.3. The molecule has 21 heavy (non-hydrogen) atoms. The molecule has 1 saturated heterocycles. The smallest absolute Gasteiger partial charge is 0.299 e. The highest BCUT2D eigenvalue weighted by Gasteiger charge is 2.35. The molecular weight excluding hydrogens is 264 g/mol. The van der Waals surface area contributed by atoms with Gasteiger partial charge in [0.25, 0.3) is 11.7 Å². The van der Waals surface area contributed by atoms with E-state index >= 15 is 0 Å². The number of carbonyl (C=O) groups is 2. The van der Waals surface area contributed by atoms with Gasteiger partial charge in [-0.15, -0.1) is 0 Å². The summed E-state index contributed by atoms with van der Waals surface area (Å²) in [5.41, 5.74) is 2.48. The second kappa shape index (κ2) is 5.98. The Morgan fingerprint density at radius 2 is 1.81 bits per heavy atom. The van der Waals surface area contributed by atoms with Crippen molar-refractivity contribution in [2.75, 3.05) is 31.1 Å². The predicted molar refractivity (Wildman–Crippen MR) is 82.8 cm³/mol. The Kier molecular flexibility index (Phi) is 4.06. The van der Waals surface area contributed by atoms with Gasteiger partial charge < -0.3 is 9.80 Å². The van der Waals surface area contributed by atoms with Gasteiger partial charge in [0.15, 0.2) is 0 Å². The number of hydrogen-bond acceptors (Lipinski definition) is 3. The molecule has 2 aliphatic rings. The lowest BCUT2D eigenvalue weighted by Gasteiger charge is -2.28. The number of fused-ring (bicyclic) bond motifs is 1. The van der Waals surface area contributed by atoms with Crippen molar-refractivity contribution in [1.82, 2.24) is 4.90 Å². The van der Waals surface area contributed by atoms with Crippen LogP contribution in [-0.2, 0) is 11.2 Å². The molecule has 0 aliphatic carbocycles. The SMILES string of the molecule is CCc1ccc2c(c1)C(=O)C(=O)N2CCN1CCCCC1. The molecule has 0 unspecified atom stereocenters. The van der Waals surface area contributed by atoms with Gasteiger partial charge >= 0.3 is 0 Å². The average Bonchev–Trinajstić information content (AvgIpc) is 2.77. The van der Waals surface area contributed by atoms with Crippen LogP contribution in [0.3, 0.4) is 0 Å². The van der Waals surface area contributed by atoms with E-state index in [1.807, 2.05) is 18.2 Å². The average molecular weight is 286 g/mol. The first-order valence-corrected chi connectivity index (χ1v) is 7.92. The van der Waals surface area contributed by atoms with E-state index in [9.17, 15) is 9.59 Å². The lowest BCUT2D eigenvalue weighted by Crippen LogP contribution is -2.40. The number of anilines is 1. The molecule has 1 aromatic rings. The molecule has 0 radical (unpaired) electrons. The monoisotopic (exact) mass is 286 g/mol. The largest absolute Gasteiger partial charge is 0.303 e. The minimum absolute atomic E-state index is 0.348. The van der Waals surface area contributed by atoms with Gasteiger partial charge in [-0.25, -0.2) is 0 Å². The summed E-state index contributed by atoms with van der Waals surface area (Å²) in [4.78, 5) is 28.4. The van der Waals surface area contributed by atoms with Gasteiger partial charge in [-0.05, 0) is 50.0 Å². The standard InChI is InChI=1S/C17H22N2O2/c1-2-13-6-7-15-14(12-13)16(20)17(21)19(15)11-10-18-8-4-3-5-9-18/h6-7,12H,2-5,8-11H2,1H3. The summed E-state index contributed by atoms with van der Waals surface area (Å²) in [5, 5.41) is 0. The highest BCUT2D eigenvalue weighted by Crippen LogP contribution is 2.29. The van der Waals surface area contributed by atoms with Crippen molar-refractivity contribution < 1.29 is 9.59 Å². The predicted octanol–water partition coefficient (Wildman–Crippen LogP) is 2.26. The third-order valence-corrected chi connectivity index (χ3v) is 4.53. The molecule has 3 rings (SSSR count). The number of hydrogen-bond donors (Lipinski definition) is 0. The molecule has 1 fully saturated rings. The van der Waals surface area contributed by atoms with E-state index in [0.717, 1.165) is 37.3 Å². The number of benzene rings is 1. The van der Waals surface area contributed by atoms with Gasteiger partial charge in [0.2, 0.25) is 0 Å². The van der Waals surface area contributed by atoms with Crippen molar-refractivity contribution >= 4 is 17.4 Å². The molecule has 0 atom stereocenters. The number of aryl methyl sites for hydroxylation is 1. The quantitative estimate of drug-likeness (QED) is 0.797. The van der Waals surface area contributed by atoms with Crippen LogP contribution in [0, 0.1) is 0 Å². The fourth-order valence-electron chi connectivity index (χ4n) is 3.21. The van der Waals surface area contributed by atoms with Crippen molar-refractivity contribution in [2.24, 2.45) is 0 Å². The molecule has 2 aliphatic heterocycles. The number of ketones is 1. The third kappa shape index (κ3) is 2.72. The fraction of sp³-hybridized carbons (Fsp3) is 0.529. The minimum atomic E-state index is -0.365. The van der Waals surface area contributed by atoms with E-state index in [1.54, 1.807) is 4.90 Å². The molecule has 0 N–H and O–H groups in total. The lowest BCUT2D eigenvalue weighted by atomic mass is 10.1. The Balaban J connectivity index is 1.74. The van der Waals surface area contributed by atoms with Crippen LogP contribution in [0.5, 0.6) is 0 Å². The van der Waals surface area contributed by atoms with E-state index in [0.29, 0.717) is 12.1 Å². The van der Waals surface area contributed by atoms with Crippen LogP contribution < -0.4 is 4.90 Å². The van der Waals surface area contributed by atoms with Gasteiger partial charge in [0.1, 0.15) is 0 Å². The summed E-state index contributed by atoms with van der Waals surface area (Å²) in [7, 11) is 0. The molecule has 0 bridgehead atoms. The van der Waals surface area contributed by atoms with E-state index < -0.39 is 0 Å². The Morgan fingerprint density at radius 1 is 1.05 bits per heavy atom. The second-order valence-electron chi connectivity index (χ2n) is 5.89. The molecule has 0 aromatic heterocycles. The summed E-state index contributed by atoms with van der Waals surface area (Å²) in [6.07, 6.45) is 4.66. The zero-order valence-electron chi connectivity index (χ0n) is 12.6. The highest BCUT2D eigenvalue weighted by molar-refractivity contribution is 6.52. The van der Waals surface area contributed by atoms with Crippen molar-refractivity contribution in [1.29, 1.82) is 0 Å². The fourth-order valence-corrected chi connectivity index (χ4v) is 3.21. The molecule has 1 aromatic carbocycles. The molecule has 4 nitrogen and oxygen atoms in total. The first-order valence-electron chi connectivity index (χ1n) is 7.92. The van der Waals surface area contributed by atoms with Crippen molar-refractivity contribution in [3.8, 4) is 0 Å². The van der Waals surface area contributed by atoms with E-state index in [4.69, 9.17) is 0 Å². The normalized spacial score (nSPS) is 19.2. The summed E-state index contributed by atoms with van der Waals surface area (Å²) in [6, 6.07) is 5.81. The van der Waals surface area contributed by atoms with Gasteiger partial charge in [0.05, 0.1) is 11.3 Å². The number of carbonyl (C=O) groups excluding carboxylic acids is 2. The van der Waals surface area contributed by atoms with Gasteiger partial charge in [-0.1, -0.05) is 19.4 Å². The summed E-state index contributed by atoms with van der Waals surface area (Å²) >= 11 is 0. The maximum absolute atomic E-state index is 12.2. The van der Waals surface area contributed by atoms with E-state index in [1.165, 1.54) is 19.3 Å². The second-order valence-corrected chi connectivity index (χ2v) is 5.89. The van der Waals surface area contributed by atoms with Crippen LogP contribution in [0.4, 0.5) is 5.69 Å². The van der Waals surface area contributed by atoms with Crippen molar-refractivity contribution in [2.45, 2.75) is 32.6 Å². The summed E-state index contributed by atoms with van der Waals surface area (Å²) in [6.45, 7) is 5.74. The summed E-state index contributed by atoms with van der Waals surface area (Å²) in [5.74, 6) is -0.714. The molecule has 1 amide bonds. The highest BCUT2D eigenvalue weighted by atomic mass is 16.2. The van der Waals surface area contributed by atoms with Gasteiger partial charge in [-0.3, -0.25) is 9.59 Å². The van der Waals surface area contributed by atoms with Gasteiger partial charge in [0, 0.05) is 13.1 Å². The number of amides is 1. The maximum Gasteiger partial charge on any atom is 0.299 e. The van der Waals surface area contributed by atoms with Crippen LogP contribution in [-0.4, -0.2) is 42.8 Å². The Morgan fingerprint density at radius 3 is 2.52 bits per heavy atom. The lowest BCUT2D eigenvalue weighted by molar-refractivity contribution is -0.114. The minimum Gasteiger partial charge on any atom is -0.303 e. The Labute approximate surface area is 125 Å². The Hall–Kier alpha value is -1.68. The number of rotatable bonds is 4. The molecule has 4 heteroatoms. The third-order valence-electron chi connectivity index (χ3n) is 4.53. The van der Waals surface area contributed by atoms with Crippen LogP contribution in [0.15, 0.2) is 18.2 Å². The van der Waals surface area contributed by atoms with Gasteiger partial charge in [-0.2, -0.15) is 0 Å². The van der Waals surface area contributed by atoms with Crippen LogP contribution in [0.1, 0.15) is 42.1 Å². The molecular formula is C17H22N2O2. The molecule has 0 saturated carbocycles.